The van der Waals surface area contributed by atoms with E-state index in [0.29, 0.717) is 6.61 Å². The van der Waals surface area contributed by atoms with Gasteiger partial charge in [0.2, 0.25) is 0 Å². The van der Waals surface area contributed by atoms with Crippen molar-refractivity contribution >= 4 is 5.97 Å². The average Bonchev–Trinajstić information content (AvgIpc) is 2.17. The van der Waals surface area contributed by atoms with Crippen molar-refractivity contribution in [2.24, 2.45) is 5.92 Å². The first-order valence-corrected chi connectivity index (χ1v) is 5.87. The molecule has 0 spiro atoms. The van der Waals surface area contributed by atoms with Crippen molar-refractivity contribution in [3.63, 3.8) is 0 Å². The van der Waals surface area contributed by atoms with E-state index in [-0.39, 0.29) is 17.4 Å². The number of ether oxygens (including phenoxy) is 1. The Labute approximate surface area is 92.8 Å². The largest absolute Gasteiger partial charge is 0.466 e. The zero-order chi connectivity index (χ0) is 11.5. The monoisotopic (exact) mass is 213 g/mol. The predicted molar refractivity (Wildman–Crippen MR) is 60.7 cm³/mol. The number of hydrogen-bond acceptors (Lipinski definition) is 3. The van der Waals surface area contributed by atoms with Gasteiger partial charge in [-0.15, -0.1) is 0 Å². The Morgan fingerprint density at radius 1 is 1.33 bits per heavy atom. The third-order valence-corrected chi connectivity index (χ3v) is 3.06. The van der Waals surface area contributed by atoms with Gasteiger partial charge < -0.3 is 4.74 Å². The fourth-order valence-electron chi connectivity index (χ4n) is 2.05. The summed E-state index contributed by atoms with van der Waals surface area (Å²) >= 11 is 0. The van der Waals surface area contributed by atoms with E-state index in [0.717, 1.165) is 25.9 Å². The molecule has 0 aliphatic carbocycles. The lowest BCUT2D eigenvalue weighted by Gasteiger charge is -2.40. The molecule has 0 aromatic heterocycles. The fraction of sp³-hybridized carbons (Fsp3) is 0.917. The highest BCUT2D eigenvalue weighted by Crippen LogP contribution is 2.24. The molecule has 0 bridgehead atoms. The Bertz CT molecular complexity index is 212. The molecule has 1 aliphatic rings. The van der Waals surface area contributed by atoms with Crippen LogP contribution in [-0.2, 0) is 9.53 Å². The second-order valence-corrected chi connectivity index (χ2v) is 5.18. The highest BCUT2D eigenvalue weighted by Gasteiger charge is 2.30. The SMILES string of the molecule is CCOC(=O)C1CCN(C(C)(C)C)CC1. The summed E-state index contributed by atoms with van der Waals surface area (Å²) in [6.07, 6.45) is 1.88. The molecule has 0 aromatic carbocycles. The van der Waals surface area contributed by atoms with Gasteiger partial charge in [0.25, 0.3) is 0 Å². The molecule has 1 heterocycles. The number of hydrogen-bond donors (Lipinski definition) is 0. The minimum absolute atomic E-state index is 0.00828. The molecule has 88 valence electrons. The number of carbonyl (C=O) groups is 1. The van der Waals surface area contributed by atoms with E-state index in [4.69, 9.17) is 4.74 Å². The van der Waals surface area contributed by atoms with Crippen molar-refractivity contribution in [3.05, 3.63) is 0 Å². The zero-order valence-corrected chi connectivity index (χ0v) is 10.4. The maximum absolute atomic E-state index is 11.5. The van der Waals surface area contributed by atoms with Gasteiger partial charge in [-0.3, -0.25) is 9.69 Å². The lowest BCUT2D eigenvalue weighted by Crippen LogP contribution is -2.47. The molecule has 1 rings (SSSR count). The van der Waals surface area contributed by atoms with Gasteiger partial charge >= 0.3 is 5.97 Å². The highest BCUT2D eigenvalue weighted by atomic mass is 16.5. The Balaban J connectivity index is 2.39. The van der Waals surface area contributed by atoms with E-state index in [2.05, 4.69) is 25.7 Å². The molecule has 0 saturated carbocycles. The van der Waals surface area contributed by atoms with Gasteiger partial charge in [0.15, 0.2) is 0 Å². The molecule has 3 heteroatoms. The Hall–Kier alpha value is -0.570. The number of nitrogens with zero attached hydrogens (tertiary/aromatic N) is 1. The maximum Gasteiger partial charge on any atom is 0.309 e. The molecule has 0 amide bonds. The predicted octanol–water partition coefficient (Wildman–Crippen LogP) is 2.06. The molecule has 3 nitrogen and oxygen atoms in total. The van der Waals surface area contributed by atoms with Crippen LogP contribution in [0.25, 0.3) is 0 Å². The van der Waals surface area contributed by atoms with E-state index < -0.39 is 0 Å². The van der Waals surface area contributed by atoms with Crippen molar-refractivity contribution in [2.75, 3.05) is 19.7 Å². The lowest BCUT2D eigenvalue weighted by molar-refractivity contribution is -0.150. The summed E-state index contributed by atoms with van der Waals surface area (Å²) in [7, 11) is 0. The van der Waals surface area contributed by atoms with E-state index in [1.807, 2.05) is 6.92 Å². The van der Waals surface area contributed by atoms with Gasteiger partial charge in [0, 0.05) is 5.54 Å². The van der Waals surface area contributed by atoms with Crippen LogP contribution in [0.5, 0.6) is 0 Å². The molecule has 0 radical (unpaired) electrons. The number of likely N-dealkylation sites (tertiary alicyclic amines) is 1. The number of rotatable bonds is 2. The minimum Gasteiger partial charge on any atom is -0.466 e. The summed E-state index contributed by atoms with van der Waals surface area (Å²) in [4.78, 5) is 13.9. The second kappa shape index (κ2) is 4.97. The Morgan fingerprint density at radius 2 is 1.87 bits per heavy atom. The van der Waals surface area contributed by atoms with Gasteiger partial charge in [-0.1, -0.05) is 0 Å². The molecule has 0 atom stereocenters. The molecule has 0 unspecified atom stereocenters. The Morgan fingerprint density at radius 3 is 2.27 bits per heavy atom. The maximum atomic E-state index is 11.5. The molecule has 1 aliphatic heterocycles. The van der Waals surface area contributed by atoms with Gasteiger partial charge in [-0.25, -0.2) is 0 Å². The standard InChI is InChI=1S/C12H23NO2/c1-5-15-11(14)10-6-8-13(9-7-10)12(2,3)4/h10H,5-9H2,1-4H3. The van der Waals surface area contributed by atoms with Crippen LogP contribution in [0.15, 0.2) is 0 Å². The molecular formula is C12H23NO2. The van der Waals surface area contributed by atoms with E-state index >= 15 is 0 Å². The van der Waals surface area contributed by atoms with Crippen molar-refractivity contribution in [1.29, 1.82) is 0 Å². The molecule has 1 saturated heterocycles. The molecule has 0 N–H and O–H groups in total. The van der Waals surface area contributed by atoms with Gasteiger partial charge in [-0.2, -0.15) is 0 Å². The summed E-state index contributed by atoms with van der Waals surface area (Å²) in [5.74, 6) is 0.120. The third-order valence-electron chi connectivity index (χ3n) is 3.06. The van der Waals surface area contributed by atoms with Crippen LogP contribution >= 0.6 is 0 Å². The molecule has 1 fully saturated rings. The van der Waals surface area contributed by atoms with Gasteiger partial charge in [0.1, 0.15) is 0 Å². The number of esters is 1. The first-order valence-electron chi connectivity index (χ1n) is 5.87. The first kappa shape index (κ1) is 12.5. The van der Waals surface area contributed by atoms with Crippen molar-refractivity contribution in [2.45, 2.75) is 46.1 Å². The summed E-state index contributed by atoms with van der Waals surface area (Å²) in [6.45, 7) is 11.0. The fourth-order valence-corrected chi connectivity index (χ4v) is 2.05. The lowest BCUT2D eigenvalue weighted by atomic mass is 9.93. The van der Waals surface area contributed by atoms with Crippen molar-refractivity contribution in [1.82, 2.24) is 4.90 Å². The van der Waals surface area contributed by atoms with E-state index in [1.54, 1.807) is 0 Å². The smallest absolute Gasteiger partial charge is 0.309 e. The molecule has 15 heavy (non-hydrogen) atoms. The van der Waals surface area contributed by atoms with Crippen LogP contribution in [0.3, 0.4) is 0 Å². The van der Waals surface area contributed by atoms with Crippen LogP contribution in [0.4, 0.5) is 0 Å². The Kier molecular flexibility index (Phi) is 4.14. The topological polar surface area (TPSA) is 29.5 Å². The summed E-state index contributed by atoms with van der Waals surface area (Å²) in [5.41, 5.74) is 0.222. The van der Waals surface area contributed by atoms with Crippen LogP contribution in [0, 0.1) is 5.92 Å². The van der Waals surface area contributed by atoms with Gasteiger partial charge in [0.05, 0.1) is 12.5 Å². The van der Waals surface area contributed by atoms with Crippen molar-refractivity contribution in [3.8, 4) is 0 Å². The molecular weight excluding hydrogens is 190 g/mol. The van der Waals surface area contributed by atoms with E-state index in [1.165, 1.54) is 0 Å². The van der Waals surface area contributed by atoms with Crippen molar-refractivity contribution < 1.29 is 9.53 Å². The number of piperidine rings is 1. The number of carbonyl (C=O) groups excluding carboxylic acids is 1. The summed E-state index contributed by atoms with van der Waals surface area (Å²) < 4.78 is 5.04. The van der Waals surface area contributed by atoms with E-state index in [9.17, 15) is 4.79 Å². The van der Waals surface area contributed by atoms with Gasteiger partial charge in [-0.05, 0) is 53.6 Å². The summed E-state index contributed by atoms with van der Waals surface area (Å²) in [6, 6.07) is 0. The zero-order valence-electron chi connectivity index (χ0n) is 10.4. The average molecular weight is 213 g/mol. The van der Waals surface area contributed by atoms with Crippen LogP contribution in [0.2, 0.25) is 0 Å². The van der Waals surface area contributed by atoms with Crippen LogP contribution < -0.4 is 0 Å². The van der Waals surface area contributed by atoms with Crippen LogP contribution in [-0.4, -0.2) is 36.1 Å². The third kappa shape index (κ3) is 3.49. The first-order chi connectivity index (χ1) is 6.95. The minimum atomic E-state index is -0.00828. The highest BCUT2D eigenvalue weighted by molar-refractivity contribution is 5.72. The quantitative estimate of drug-likeness (QED) is 0.658. The molecule has 0 aromatic rings. The second-order valence-electron chi connectivity index (χ2n) is 5.18. The van der Waals surface area contributed by atoms with Crippen LogP contribution in [0.1, 0.15) is 40.5 Å². The normalized spacial score (nSPS) is 20.3. The summed E-state index contributed by atoms with van der Waals surface area (Å²) in [5, 5.41) is 0.